The maximum Gasteiger partial charge on any atom is 0.373 e. The molecule has 0 atom stereocenters. The Morgan fingerprint density at radius 3 is 0.938 bits per heavy atom. The van der Waals surface area contributed by atoms with Crippen molar-refractivity contribution in [2.75, 3.05) is 13.1 Å². The molecule has 0 aromatic heterocycles. The van der Waals surface area contributed by atoms with E-state index in [0.717, 1.165) is 13.1 Å². The maximum absolute atomic E-state index is 8.12. The van der Waals surface area contributed by atoms with Crippen molar-refractivity contribution in [3.63, 3.8) is 0 Å². The summed E-state index contributed by atoms with van der Waals surface area (Å²) in [6, 6.07) is 0. The molecule has 0 aliphatic heterocycles. The van der Waals surface area contributed by atoms with Crippen LogP contribution >= 0.6 is 0 Å². The summed E-state index contributed by atoms with van der Waals surface area (Å²) in [6.07, 6.45) is 12.2. The number of hydrogen-bond donors (Lipinski definition) is 2. The maximum atomic E-state index is 8.12. The number of hydrogen-bond acceptors (Lipinski definition) is 4. The lowest BCUT2D eigenvalue weighted by Gasteiger charge is -2.00. The highest BCUT2D eigenvalue weighted by Crippen LogP contribution is 2.08. The van der Waals surface area contributed by atoms with Crippen LogP contribution in [0.25, 0.3) is 0 Å². The Morgan fingerprint density at radius 2 is 0.750 bits per heavy atom. The van der Waals surface area contributed by atoms with Crippen molar-refractivity contribution in [2.45, 2.75) is 57.8 Å². The van der Waals surface area contributed by atoms with Crippen molar-refractivity contribution in [3.05, 3.63) is 0 Å². The molecular weight excluding hydrogens is 204 g/mol. The first kappa shape index (κ1) is 17.7. The molecule has 0 aliphatic rings. The Hall–Kier alpha value is -0.700. The Labute approximate surface area is 98.8 Å². The van der Waals surface area contributed by atoms with E-state index in [9.17, 15) is 0 Å². The smallest absolute Gasteiger partial charge is 0.330 e. The molecule has 0 saturated heterocycles. The summed E-state index contributed by atoms with van der Waals surface area (Å²) < 4.78 is 0. The molecule has 0 aliphatic carbocycles. The summed E-state index contributed by atoms with van der Waals surface area (Å²) in [4.78, 5) is 16.2. The largest absolute Gasteiger partial charge is 0.373 e. The number of carbonyl (C=O) groups excluding carboxylic acids is 2. The van der Waals surface area contributed by atoms with E-state index >= 15 is 0 Å². The van der Waals surface area contributed by atoms with Crippen LogP contribution in [-0.4, -0.2) is 19.2 Å². The lowest BCUT2D eigenvalue weighted by atomic mass is 10.1. The molecule has 4 heteroatoms. The number of unbranched alkanes of at least 4 members (excludes halogenated alkanes) is 8. The zero-order valence-corrected chi connectivity index (χ0v) is 10.2. The van der Waals surface area contributed by atoms with Gasteiger partial charge in [0.1, 0.15) is 0 Å². The van der Waals surface area contributed by atoms with Gasteiger partial charge in [-0.15, -0.1) is 0 Å². The lowest BCUT2D eigenvalue weighted by Crippen LogP contribution is -1.98. The average Bonchev–Trinajstić information content (AvgIpc) is 2.28. The van der Waals surface area contributed by atoms with Gasteiger partial charge in [0.2, 0.25) is 0 Å². The van der Waals surface area contributed by atoms with Gasteiger partial charge in [0.05, 0.1) is 0 Å². The fraction of sp³-hybridized carbons (Fsp3) is 0.917. The van der Waals surface area contributed by atoms with E-state index in [4.69, 9.17) is 21.1 Å². The summed E-state index contributed by atoms with van der Waals surface area (Å²) in [6.45, 7) is 1.72. The Bertz CT molecular complexity index is 136. The van der Waals surface area contributed by atoms with Crippen LogP contribution in [0.3, 0.4) is 0 Å². The minimum absolute atomic E-state index is 0.250. The second-order valence-corrected chi connectivity index (χ2v) is 3.84. The van der Waals surface area contributed by atoms with Crippen LogP contribution in [0.4, 0.5) is 0 Å². The highest BCUT2D eigenvalue weighted by Gasteiger charge is 1.91. The van der Waals surface area contributed by atoms with Crippen molar-refractivity contribution in [2.24, 2.45) is 11.5 Å². The van der Waals surface area contributed by atoms with Crippen LogP contribution in [0.15, 0.2) is 0 Å². The molecule has 96 valence electrons. The van der Waals surface area contributed by atoms with Crippen LogP contribution in [-0.2, 0) is 9.59 Å². The highest BCUT2D eigenvalue weighted by molar-refractivity contribution is 5.20. The Balaban J connectivity index is 0. The lowest BCUT2D eigenvalue weighted by molar-refractivity contribution is -0.191. The minimum Gasteiger partial charge on any atom is -0.330 e. The fourth-order valence-electron chi connectivity index (χ4n) is 1.53. The first-order valence-corrected chi connectivity index (χ1v) is 6.22. The molecule has 0 aromatic rings. The van der Waals surface area contributed by atoms with Gasteiger partial charge in [-0.3, -0.25) is 0 Å². The topological polar surface area (TPSA) is 86.2 Å². The van der Waals surface area contributed by atoms with Crippen molar-refractivity contribution in [1.29, 1.82) is 0 Å². The molecule has 0 heterocycles. The predicted molar refractivity (Wildman–Crippen MR) is 64.7 cm³/mol. The zero-order chi connectivity index (χ0) is 12.5. The highest BCUT2D eigenvalue weighted by atomic mass is 16.2. The quantitative estimate of drug-likeness (QED) is 0.561. The van der Waals surface area contributed by atoms with Gasteiger partial charge in [-0.1, -0.05) is 44.9 Å². The molecule has 0 radical (unpaired) electrons. The fourth-order valence-corrected chi connectivity index (χ4v) is 1.53. The molecule has 4 N–H and O–H groups in total. The van der Waals surface area contributed by atoms with Crippen molar-refractivity contribution < 1.29 is 9.59 Å². The second kappa shape index (κ2) is 19.8. The Morgan fingerprint density at radius 1 is 0.562 bits per heavy atom. The zero-order valence-electron chi connectivity index (χ0n) is 10.2. The third-order valence-electron chi connectivity index (χ3n) is 2.41. The van der Waals surface area contributed by atoms with Crippen molar-refractivity contribution >= 4 is 6.15 Å². The predicted octanol–water partition coefficient (Wildman–Crippen LogP) is 1.83. The molecule has 0 amide bonds. The first-order chi connectivity index (χ1) is 7.83. The summed E-state index contributed by atoms with van der Waals surface area (Å²) >= 11 is 0. The van der Waals surface area contributed by atoms with E-state index in [1.807, 2.05) is 0 Å². The summed E-state index contributed by atoms with van der Waals surface area (Å²) in [7, 11) is 0. The first-order valence-electron chi connectivity index (χ1n) is 6.22. The molecule has 0 fully saturated rings. The third-order valence-corrected chi connectivity index (χ3v) is 2.41. The monoisotopic (exact) mass is 230 g/mol. The minimum atomic E-state index is 0.250. The van der Waals surface area contributed by atoms with E-state index in [-0.39, 0.29) is 6.15 Å². The van der Waals surface area contributed by atoms with Crippen LogP contribution in [0.2, 0.25) is 0 Å². The van der Waals surface area contributed by atoms with E-state index in [1.54, 1.807) is 0 Å². The molecule has 0 bridgehead atoms. The molecule has 0 spiro atoms. The molecule has 0 rings (SSSR count). The van der Waals surface area contributed by atoms with Gasteiger partial charge in [0.25, 0.3) is 0 Å². The number of rotatable bonds is 10. The standard InChI is InChI=1S/C11H26N2.CO2/c12-10-8-6-4-2-1-3-5-7-9-11-13;2-1-3/h1-13H2;. The SMILES string of the molecule is NCCCCCCCCCCCN.O=C=O. The van der Waals surface area contributed by atoms with Gasteiger partial charge in [-0.2, -0.15) is 9.59 Å². The van der Waals surface area contributed by atoms with Gasteiger partial charge in [-0.25, -0.2) is 0 Å². The van der Waals surface area contributed by atoms with Crippen LogP contribution in [0, 0.1) is 0 Å². The third kappa shape index (κ3) is 23.3. The molecular formula is C12H26N2O2. The average molecular weight is 230 g/mol. The van der Waals surface area contributed by atoms with Gasteiger partial charge in [0, 0.05) is 0 Å². The second-order valence-electron chi connectivity index (χ2n) is 3.84. The Kier molecular flexibility index (Phi) is 21.9. The molecule has 0 aromatic carbocycles. The van der Waals surface area contributed by atoms with Gasteiger partial charge in [-0.05, 0) is 25.9 Å². The van der Waals surface area contributed by atoms with E-state index in [1.165, 1.54) is 57.8 Å². The number of nitrogens with two attached hydrogens (primary N) is 2. The molecule has 0 saturated carbocycles. The van der Waals surface area contributed by atoms with E-state index in [0.29, 0.717) is 0 Å². The van der Waals surface area contributed by atoms with Crippen LogP contribution < -0.4 is 11.5 Å². The van der Waals surface area contributed by atoms with Gasteiger partial charge >= 0.3 is 6.15 Å². The van der Waals surface area contributed by atoms with E-state index < -0.39 is 0 Å². The normalized spacial score (nSPS) is 9.12. The summed E-state index contributed by atoms with van der Waals surface area (Å²) in [5.41, 5.74) is 10.8. The molecule has 16 heavy (non-hydrogen) atoms. The van der Waals surface area contributed by atoms with Crippen molar-refractivity contribution in [1.82, 2.24) is 0 Å². The molecule has 0 unspecified atom stereocenters. The summed E-state index contributed by atoms with van der Waals surface area (Å²) in [5, 5.41) is 0. The van der Waals surface area contributed by atoms with Gasteiger partial charge < -0.3 is 11.5 Å². The summed E-state index contributed by atoms with van der Waals surface area (Å²) in [5.74, 6) is 0. The van der Waals surface area contributed by atoms with Crippen LogP contribution in [0.1, 0.15) is 57.8 Å². The molecule has 4 nitrogen and oxygen atoms in total. The van der Waals surface area contributed by atoms with Gasteiger partial charge in [0.15, 0.2) is 0 Å². The van der Waals surface area contributed by atoms with Crippen molar-refractivity contribution in [3.8, 4) is 0 Å². The van der Waals surface area contributed by atoms with Crippen LogP contribution in [0.5, 0.6) is 0 Å². The van der Waals surface area contributed by atoms with E-state index in [2.05, 4.69) is 0 Å².